The number of nitrogen functional groups attached to an aromatic ring is 1. The number of rotatable bonds is 3. The van der Waals surface area contributed by atoms with E-state index >= 15 is 0 Å². The van der Waals surface area contributed by atoms with Crippen molar-refractivity contribution in [3.63, 3.8) is 0 Å². The molecule has 0 aromatic heterocycles. The topological polar surface area (TPSA) is 79.1 Å². The van der Waals surface area contributed by atoms with Crippen molar-refractivity contribution in [2.75, 3.05) is 64.8 Å². The molecule has 0 atom stereocenters. The molecule has 0 saturated carbocycles. The maximum atomic E-state index is 12.7. The van der Waals surface area contributed by atoms with E-state index in [1.165, 1.54) is 0 Å². The fourth-order valence-corrected chi connectivity index (χ4v) is 3.25. The van der Waals surface area contributed by atoms with Gasteiger partial charge in [-0.25, -0.2) is 0 Å². The van der Waals surface area contributed by atoms with E-state index in [9.17, 15) is 9.59 Å². The zero-order valence-corrected chi connectivity index (χ0v) is 17.2. The molecule has 2 fully saturated rings. The maximum Gasteiger partial charge on any atom is 0.254 e. The second kappa shape index (κ2) is 10.7. The van der Waals surface area contributed by atoms with Crippen LogP contribution in [0.3, 0.4) is 0 Å². The van der Waals surface area contributed by atoms with Crippen LogP contribution in [0.5, 0.6) is 0 Å². The van der Waals surface area contributed by atoms with Crippen LogP contribution in [0.25, 0.3) is 0 Å². The highest BCUT2D eigenvalue weighted by atomic mass is 35.5. The van der Waals surface area contributed by atoms with Gasteiger partial charge in [-0.2, -0.15) is 0 Å². The lowest BCUT2D eigenvalue weighted by Gasteiger charge is -2.36. The molecule has 3 rings (SSSR count). The van der Waals surface area contributed by atoms with Crippen molar-refractivity contribution in [2.45, 2.75) is 6.92 Å². The average molecular weight is 419 g/mol. The molecule has 9 heteroatoms. The molecule has 1 aromatic rings. The zero-order valence-electron chi connectivity index (χ0n) is 15.6. The summed E-state index contributed by atoms with van der Waals surface area (Å²) in [5.41, 5.74) is 7.97. The van der Waals surface area contributed by atoms with E-state index in [2.05, 4.69) is 4.90 Å². The molecule has 0 spiro atoms. The van der Waals surface area contributed by atoms with Crippen LogP contribution in [-0.2, 0) is 9.53 Å². The van der Waals surface area contributed by atoms with Crippen molar-refractivity contribution in [3.05, 3.63) is 29.3 Å². The Hall–Kier alpha value is -1.54. The Balaban J connectivity index is 0.00000182. The molecule has 2 heterocycles. The molecule has 152 valence electrons. The standard InChI is InChI=1S/C18H26N4O3.2ClH/c1-14-2-3-15(19)12-16(14)18(24)22-6-4-21(5-7-22)17(23)13-20-8-10-25-11-9-20;;/h2-3,12H,4-11,13,19H2,1H3;2*1H. The van der Waals surface area contributed by atoms with Crippen molar-refractivity contribution in [3.8, 4) is 0 Å². The number of halogens is 2. The van der Waals surface area contributed by atoms with Crippen LogP contribution in [0.2, 0.25) is 0 Å². The highest BCUT2D eigenvalue weighted by molar-refractivity contribution is 5.96. The number of benzene rings is 1. The largest absolute Gasteiger partial charge is 0.399 e. The van der Waals surface area contributed by atoms with Crippen LogP contribution in [0, 0.1) is 6.92 Å². The first-order chi connectivity index (χ1) is 12.0. The molecule has 2 N–H and O–H groups in total. The Bertz CT molecular complexity index is 645. The molecule has 2 amide bonds. The van der Waals surface area contributed by atoms with Gasteiger partial charge in [-0.05, 0) is 24.6 Å². The normalized spacial score (nSPS) is 17.7. The third-order valence-electron chi connectivity index (χ3n) is 4.87. The predicted octanol–water partition coefficient (Wildman–Crippen LogP) is 1.04. The minimum Gasteiger partial charge on any atom is -0.399 e. The third-order valence-corrected chi connectivity index (χ3v) is 4.87. The molecule has 0 unspecified atom stereocenters. The maximum absolute atomic E-state index is 12.7. The lowest BCUT2D eigenvalue weighted by atomic mass is 10.1. The van der Waals surface area contributed by atoms with Gasteiger partial charge in [0.2, 0.25) is 5.91 Å². The number of ether oxygens (including phenoxy) is 1. The number of morpholine rings is 1. The first-order valence-corrected chi connectivity index (χ1v) is 8.78. The van der Waals surface area contributed by atoms with E-state index in [1.54, 1.807) is 17.0 Å². The van der Waals surface area contributed by atoms with E-state index in [0.29, 0.717) is 57.2 Å². The quantitative estimate of drug-likeness (QED) is 0.741. The molecule has 7 nitrogen and oxygen atoms in total. The summed E-state index contributed by atoms with van der Waals surface area (Å²) < 4.78 is 5.31. The fraction of sp³-hybridized carbons (Fsp3) is 0.556. The summed E-state index contributed by atoms with van der Waals surface area (Å²) in [6.45, 7) is 7.61. The van der Waals surface area contributed by atoms with Crippen LogP contribution in [-0.4, -0.2) is 85.5 Å². The van der Waals surface area contributed by atoms with Gasteiger partial charge in [0.05, 0.1) is 19.8 Å². The Kier molecular flexibility index (Phi) is 9.32. The van der Waals surface area contributed by atoms with Gasteiger partial charge >= 0.3 is 0 Å². The van der Waals surface area contributed by atoms with Gasteiger partial charge in [0.25, 0.3) is 5.91 Å². The SMILES string of the molecule is Cc1ccc(N)cc1C(=O)N1CCN(C(=O)CN2CCOCC2)CC1.Cl.Cl. The van der Waals surface area contributed by atoms with E-state index < -0.39 is 0 Å². The summed E-state index contributed by atoms with van der Waals surface area (Å²) in [4.78, 5) is 30.9. The van der Waals surface area contributed by atoms with Crippen molar-refractivity contribution in [1.29, 1.82) is 0 Å². The van der Waals surface area contributed by atoms with E-state index in [0.717, 1.165) is 18.7 Å². The van der Waals surface area contributed by atoms with Crippen molar-refractivity contribution < 1.29 is 14.3 Å². The number of hydrogen-bond acceptors (Lipinski definition) is 5. The number of nitrogens with two attached hydrogens (primary N) is 1. The van der Waals surface area contributed by atoms with Crippen molar-refractivity contribution in [2.24, 2.45) is 0 Å². The van der Waals surface area contributed by atoms with Gasteiger partial charge in [-0.15, -0.1) is 24.8 Å². The van der Waals surface area contributed by atoms with Gasteiger partial charge in [0, 0.05) is 50.5 Å². The number of aryl methyl sites for hydroxylation is 1. The summed E-state index contributed by atoms with van der Waals surface area (Å²) in [6, 6.07) is 5.40. The first-order valence-electron chi connectivity index (χ1n) is 8.78. The van der Waals surface area contributed by atoms with Crippen molar-refractivity contribution >= 4 is 42.3 Å². The average Bonchev–Trinajstić information content (AvgIpc) is 2.64. The summed E-state index contributed by atoms with van der Waals surface area (Å²) in [7, 11) is 0. The second-order valence-electron chi connectivity index (χ2n) is 6.64. The molecule has 0 radical (unpaired) electrons. The number of nitrogens with zero attached hydrogens (tertiary/aromatic N) is 3. The molecule has 0 bridgehead atoms. The van der Waals surface area contributed by atoms with Gasteiger partial charge in [0.15, 0.2) is 0 Å². The predicted molar refractivity (Wildman–Crippen MR) is 110 cm³/mol. The van der Waals surface area contributed by atoms with Crippen molar-refractivity contribution in [1.82, 2.24) is 14.7 Å². The Morgan fingerprint density at radius 2 is 1.59 bits per heavy atom. The molecule has 2 saturated heterocycles. The van der Waals surface area contributed by atoms with Gasteiger partial charge in [0.1, 0.15) is 0 Å². The first kappa shape index (κ1) is 23.5. The molecule has 0 aliphatic carbocycles. The number of carbonyl (C=O) groups excluding carboxylic acids is 2. The lowest BCUT2D eigenvalue weighted by molar-refractivity contribution is -0.134. The monoisotopic (exact) mass is 418 g/mol. The number of amides is 2. The lowest BCUT2D eigenvalue weighted by Crippen LogP contribution is -2.53. The number of piperazine rings is 1. The van der Waals surface area contributed by atoms with Gasteiger partial charge in [-0.3, -0.25) is 14.5 Å². The number of anilines is 1. The van der Waals surface area contributed by atoms with Crippen LogP contribution >= 0.6 is 24.8 Å². The Morgan fingerprint density at radius 1 is 1.00 bits per heavy atom. The Morgan fingerprint density at radius 3 is 2.22 bits per heavy atom. The number of hydrogen-bond donors (Lipinski definition) is 1. The molecular weight excluding hydrogens is 391 g/mol. The summed E-state index contributed by atoms with van der Waals surface area (Å²) in [6.07, 6.45) is 0. The van der Waals surface area contributed by atoms with Crippen LogP contribution in [0.15, 0.2) is 18.2 Å². The molecule has 27 heavy (non-hydrogen) atoms. The third kappa shape index (κ3) is 5.97. The highest BCUT2D eigenvalue weighted by Gasteiger charge is 2.26. The van der Waals surface area contributed by atoms with Gasteiger partial charge < -0.3 is 20.3 Å². The van der Waals surface area contributed by atoms with Crippen LogP contribution in [0.4, 0.5) is 5.69 Å². The fourth-order valence-electron chi connectivity index (χ4n) is 3.25. The second-order valence-corrected chi connectivity index (χ2v) is 6.64. The van der Waals surface area contributed by atoms with Crippen LogP contribution < -0.4 is 5.73 Å². The molecule has 2 aliphatic rings. The molecular formula is C18H28Cl2N4O3. The minimum absolute atomic E-state index is 0. The van der Waals surface area contributed by atoms with E-state index in [-0.39, 0.29) is 36.6 Å². The summed E-state index contributed by atoms with van der Waals surface area (Å²) >= 11 is 0. The smallest absolute Gasteiger partial charge is 0.254 e. The zero-order chi connectivity index (χ0) is 17.8. The minimum atomic E-state index is -0.00919. The molecule has 2 aliphatic heterocycles. The summed E-state index contributed by atoms with van der Waals surface area (Å²) in [5, 5.41) is 0. The number of carbonyl (C=O) groups is 2. The summed E-state index contributed by atoms with van der Waals surface area (Å²) in [5.74, 6) is 0.124. The Labute approximate surface area is 172 Å². The molecule has 1 aromatic carbocycles. The van der Waals surface area contributed by atoms with E-state index in [1.807, 2.05) is 17.9 Å². The van der Waals surface area contributed by atoms with Crippen LogP contribution in [0.1, 0.15) is 15.9 Å². The highest BCUT2D eigenvalue weighted by Crippen LogP contribution is 2.16. The van der Waals surface area contributed by atoms with Gasteiger partial charge in [-0.1, -0.05) is 6.07 Å². The van der Waals surface area contributed by atoms with E-state index in [4.69, 9.17) is 10.5 Å².